The molecule has 2 rings (SSSR count). The third-order valence-electron chi connectivity index (χ3n) is 2.64. The molecule has 4 nitrogen and oxygen atoms in total. The zero-order chi connectivity index (χ0) is 9.97. The van der Waals surface area contributed by atoms with E-state index < -0.39 is 5.97 Å². The number of hydrogen-bond donors (Lipinski definition) is 2. The summed E-state index contributed by atoms with van der Waals surface area (Å²) >= 11 is 0. The Morgan fingerprint density at radius 1 is 1.71 bits per heavy atom. The molecule has 2 atom stereocenters. The van der Waals surface area contributed by atoms with Crippen LogP contribution in [0, 0.1) is 5.92 Å². The molecule has 0 aliphatic carbocycles. The van der Waals surface area contributed by atoms with E-state index in [-0.39, 0.29) is 18.4 Å². The van der Waals surface area contributed by atoms with E-state index in [1.807, 2.05) is 12.1 Å². The second-order valence-electron chi connectivity index (χ2n) is 3.59. The maximum absolute atomic E-state index is 10.6. The van der Waals surface area contributed by atoms with E-state index in [4.69, 9.17) is 9.52 Å². The lowest BCUT2D eigenvalue weighted by Crippen LogP contribution is -2.19. The van der Waals surface area contributed by atoms with Gasteiger partial charge in [0, 0.05) is 0 Å². The predicted molar refractivity (Wildman–Crippen MR) is 49.8 cm³/mol. The van der Waals surface area contributed by atoms with Crippen LogP contribution >= 0.6 is 0 Å². The third-order valence-corrected chi connectivity index (χ3v) is 2.64. The minimum Gasteiger partial charge on any atom is -0.481 e. The first-order valence-corrected chi connectivity index (χ1v) is 4.76. The quantitative estimate of drug-likeness (QED) is 0.765. The Bertz CT molecular complexity index is 307. The van der Waals surface area contributed by atoms with Gasteiger partial charge in [-0.25, -0.2) is 0 Å². The minimum absolute atomic E-state index is 0.0705. The number of hydrogen-bond acceptors (Lipinski definition) is 3. The molecule has 2 heterocycles. The molecule has 1 aromatic rings. The maximum atomic E-state index is 10.6. The van der Waals surface area contributed by atoms with Crippen LogP contribution in [-0.4, -0.2) is 17.6 Å². The van der Waals surface area contributed by atoms with Crippen LogP contribution in [0.4, 0.5) is 0 Å². The van der Waals surface area contributed by atoms with Crippen molar-refractivity contribution in [1.29, 1.82) is 0 Å². The van der Waals surface area contributed by atoms with Crippen molar-refractivity contribution in [1.82, 2.24) is 5.32 Å². The summed E-state index contributed by atoms with van der Waals surface area (Å²) in [4.78, 5) is 10.6. The van der Waals surface area contributed by atoms with Crippen molar-refractivity contribution in [3.63, 3.8) is 0 Å². The molecule has 0 aromatic carbocycles. The number of rotatable bonds is 3. The molecule has 1 saturated heterocycles. The molecular weight excluding hydrogens is 182 g/mol. The number of furan rings is 1. The molecule has 0 radical (unpaired) electrons. The van der Waals surface area contributed by atoms with E-state index in [1.165, 1.54) is 0 Å². The molecule has 76 valence electrons. The smallest absolute Gasteiger partial charge is 0.303 e. The van der Waals surface area contributed by atoms with Crippen LogP contribution in [0.15, 0.2) is 22.8 Å². The number of carboxylic acids is 1. The van der Waals surface area contributed by atoms with Gasteiger partial charge in [0.1, 0.15) is 5.76 Å². The highest BCUT2D eigenvalue weighted by molar-refractivity contribution is 5.67. The van der Waals surface area contributed by atoms with Crippen molar-refractivity contribution in [3.05, 3.63) is 24.2 Å². The fourth-order valence-corrected chi connectivity index (χ4v) is 2.00. The van der Waals surface area contributed by atoms with Crippen molar-refractivity contribution in [2.45, 2.75) is 18.9 Å². The van der Waals surface area contributed by atoms with Gasteiger partial charge in [-0.3, -0.25) is 4.79 Å². The lowest BCUT2D eigenvalue weighted by molar-refractivity contribution is -0.138. The summed E-state index contributed by atoms with van der Waals surface area (Å²) in [5, 5.41) is 12.0. The molecule has 0 bridgehead atoms. The molecule has 0 spiro atoms. The Hall–Kier alpha value is -1.29. The Morgan fingerprint density at radius 2 is 2.57 bits per heavy atom. The molecule has 4 heteroatoms. The normalized spacial score (nSPS) is 26.6. The van der Waals surface area contributed by atoms with Crippen LogP contribution in [0.25, 0.3) is 0 Å². The first-order valence-electron chi connectivity index (χ1n) is 4.76. The Balaban J connectivity index is 2.07. The van der Waals surface area contributed by atoms with Gasteiger partial charge in [-0.1, -0.05) is 0 Å². The van der Waals surface area contributed by atoms with Crippen LogP contribution in [0.1, 0.15) is 24.6 Å². The van der Waals surface area contributed by atoms with Gasteiger partial charge in [-0.05, 0) is 31.0 Å². The molecule has 1 aliphatic rings. The first-order chi connectivity index (χ1) is 6.77. The van der Waals surface area contributed by atoms with E-state index >= 15 is 0 Å². The third kappa shape index (κ3) is 1.80. The number of carboxylic acid groups (broad SMARTS) is 1. The SMILES string of the molecule is O=C(O)C[C@@H]1CCN[C@H]1c1ccco1. The van der Waals surface area contributed by atoms with E-state index in [1.54, 1.807) is 6.26 Å². The largest absolute Gasteiger partial charge is 0.481 e. The van der Waals surface area contributed by atoms with Gasteiger partial charge in [-0.15, -0.1) is 0 Å². The first kappa shape index (κ1) is 9.27. The van der Waals surface area contributed by atoms with Gasteiger partial charge >= 0.3 is 5.97 Å². The molecule has 2 N–H and O–H groups in total. The lowest BCUT2D eigenvalue weighted by atomic mass is 9.95. The van der Waals surface area contributed by atoms with Crippen molar-refractivity contribution in [3.8, 4) is 0 Å². The molecule has 1 aliphatic heterocycles. The summed E-state index contributed by atoms with van der Waals surface area (Å²) in [6.07, 6.45) is 2.73. The van der Waals surface area contributed by atoms with Gasteiger partial charge in [0.25, 0.3) is 0 Å². The molecule has 0 unspecified atom stereocenters. The van der Waals surface area contributed by atoms with E-state index in [0.717, 1.165) is 18.7 Å². The highest BCUT2D eigenvalue weighted by Gasteiger charge is 2.31. The Kier molecular flexibility index (Phi) is 2.54. The molecule has 1 aromatic heterocycles. The summed E-state index contributed by atoms with van der Waals surface area (Å²) in [5.41, 5.74) is 0. The lowest BCUT2D eigenvalue weighted by Gasteiger charge is -2.14. The monoisotopic (exact) mass is 195 g/mol. The van der Waals surface area contributed by atoms with E-state index in [2.05, 4.69) is 5.32 Å². The fourth-order valence-electron chi connectivity index (χ4n) is 2.00. The molecule has 14 heavy (non-hydrogen) atoms. The second kappa shape index (κ2) is 3.84. The van der Waals surface area contributed by atoms with Crippen LogP contribution in [0.2, 0.25) is 0 Å². The zero-order valence-electron chi connectivity index (χ0n) is 7.77. The van der Waals surface area contributed by atoms with Crippen LogP contribution in [0.5, 0.6) is 0 Å². The molecule has 0 saturated carbocycles. The Labute approximate surface area is 81.9 Å². The van der Waals surface area contributed by atoms with Crippen molar-refractivity contribution < 1.29 is 14.3 Å². The van der Waals surface area contributed by atoms with Gasteiger partial charge in [0.15, 0.2) is 0 Å². The van der Waals surface area contributed by atoms with Crippen LogP contribution in [0.3, 0.4) is 0 Å². The highest BCUT2D eigenvalue weighted by atomic mass is 16.4. The van der Waals surface area contributed by atoms with Crippen LogP contribution in [-0.2, 0) is 4.79 Å². The summed E-state index contributed by atoms with van der Waals surface area (Å²) in [6, 6.07) is 3.78. The second-order valence-corrected chi connectivity index (χ2v) is 3.59. The van der Waals surface area contributed by atoms with Gasteiger partial charge in [-0.2, -0.15) is 0 Å². The highest BCUT2D eigenvalue weighted by Crippen LogP contribution is 2.31. The maximum Gasteiger partial charge on any atom is 0.303 e. The predicted octanol–water partition coefficient (Wildman–Crippen LogP) is 1.40. The van der Waals surface area contributed by atoms with Crippen molar-refractivity contribution in [2.24, 2.45) is 5.92 Å². The minimum atomic E-state index is -0.741. The van der Waals surface area contributed by atoms with Gasteiger partial charge in [0.05, 0.1) is 18.7 Å². The summed E-state index contributed by atoms with van der Waals surface area (Å²) < 4.78 is 5.27. The molecule has 0 amide bonds. The zero-order valence-corrected chi connectivity index (χ0v) is 7.77. The molecular formula is C10H13NO3. The van der Waals surface area contributed by atoms with Gasteiger partial charge in [0.2, 0.25) is 0 Å². The summed E-state index contributed by atoms with van der Waals surface area (Å²) in [6.45, 7) is 0.864. The van der Waals surface area contributed by atoms with Crippen molar-refractivity contribution >= 4 is 5.97 Å². The topological polar surface area (TPSA) is 62.5 Å². The number of carbonyl (C=O) groups is 1. The number of nitrogens with one attached hydrogen (secondary N) is 1. The summed E-state index contributed by atoms with van der Waals surface area (Å²) in [5.74, 6) is 0.252. The Morgan fingerprint density at radius 3 is 3.21 bits per heavy atom. The van der Waals surface area contributed by atoms with Crippen molar-refractivity contribution in [2.75, 3.05) is 6.54 Å². The van der Waals surface area contributed by atoms with Gasteiger partial charge < -0.3 is 14.8 Å². The summed E-state index contributed by atoms with van der Waals surface area (Å²) in [7, 11) is 0. The average molecular weight is 195 g/mol. The fraction of sp³-hybridized carbons (Fsp3) is 0.500. The van der Waals surface area contributed by atoms with E-state index in [9.17, 15) is 4.79 Å². The van der Waals surface area contributed by atoms with Crippen LogP contribution < -0.4 is 5.32 Å². The molecule has 1 fully saturated rings. The standard InChI is InChI=1S/C10H13NO3/c12-9(13)6-7-3-4-11-10(7)8-2-1-5-14-8/h1-2,5,7,10-11H,3-4,6H2,(H,12,13)/t7-,10+/m0/s1. The van der Waals surface area contributed by atoms with E-state index in [0.29, 0.717) is 0 Å². The number of aliphatic carboxylic acids is 1. The average Bonchev–Trinajstić information content (AvgIpc) is 2.70.